The molecule has 0 bridgehead atoms. The molecule has 2 nitrogen and oxygen atoms in total. The Labute approximate surface area is 332 Å². The molecule has 266 valence electrons. The number of anilines is 3. The summed E-state index contributed by atoms with van der Waals surface area (Å²) in [4.78, 5) is 7.64. The molecule has 1 unspecified atom stereocenters. The zero-order valence-corrected chi connectivity index (χ0v) is 32.1. The Kier molecular flexibility index (Phi) is 7.33. The number of aromatic nitrogens is 1. The maximum atomic E-state index is 5.20. The number of fused-ring (bicyclic) bond motifs is 11. The average molecular weight is 735 g/mol. The number of rotatable bonds is 4. The molecular formula is C53H38N2S. The molecule has 1 aromatic heterocycles. The Bertz CT molecular complexity index is 2960. The molecule has 56 heavy (non-hydrogen) atoms. The Balaban J connectivity index is 1.15. The van der Waals surface area contributed by atoms with Crippen LogP contribution in [0.2, 0.25) is 0 Å². The van der Waals surface area contributed by atoms with Crippen molar-refractivity contribution in [2.45, 2.75) is 24.7 Å². The van der Waals surface area contributed by atoms with Gasteiger partial charge in [-0.2, -0.15) is 0 Å². The number of nitrogens with zero attached hydrogens (tertiary/aromatic N) is 2. The number of thiazole rings is 1. The average Bonchev–Trinajstić information content (AvgIpc) is 3.88. The largest absolute Gasteiger partial charge is 0.310 e. The van der Waals surface area contributed by atoms with Gasteiger partial charge in [-0.05, 0) is 98.1 Å². The molecular weight excluding hydrogens is 697 g/mol. The fourth-order valence-corrected chi connectivity index (χ4v) is 10.5. The van der Waals surface area contributed by atoms with Gasteiger partial charge in [0.05, 0.1) is 15.6 Å². The van der Waals surface area contributed by atoms with Crippen molar-refractivity contribution in [3.8, 4) is 32.8 Å². The van der Waals surface area contributed by atoms with Crippen molar-refractivity contribution in [2.24, 2.45) is 0 Å². The van der Waals surface area contributed by atoms with E-state index in [0.717, 1.165) is 33.1 Å². The van der Waals surface area contributed by atoms with E-state index < -0.39 is 5.41 Å². The van der Waals surface area contributed by atoms with Crippen LogP contribution < -0.4 is 4.90 Å². The first-order valence-electron chi connectivity index (χ1n) is 19.4. The van der Waals surface area contributed by atoms with Crippen LogP contribution >= 0.6 is 11.3 Å². The number of hydrogen-bond acceptors (Lipinski definition) is 3. The molecule has 3 heteroatoms. The van der Waals surface area contributed by atoms with Gasteiger partial charge >= 0.3 is 0 Å². The highest BCUT2D eigenvalue weighted by molar-refractivity contribution is 7.21. The SMILES string of the molecule is CC1(C)c2ccccc2-c2ccc(N(c3ccc4c(c3)C3(/C=C/C=C\C=C\c5ccccc53)c3ccccc3-4)c3ccc4sc(-c5ccccc5)nc4c3)cc21. The van der Waals surface area contributed by atoms with Gasteiger partial charge in [0.25, 0.3) is 0 Å². The lowest BCUT2D eigenvalue weighted by atomic mass is 9.70. The fourth-order valence-electron chi connectivity index (χ4n) is 9.53. The van der Waals surface area contributed by atoms with E-state index in [1.165, 1.54) is 60.3 Å². The van der Waals surface area contributed by atoms with Crippen LogP contribution in [0.4, 0.5) is 17.1 Å². The van der Waals surface area contributed by atoms with E-state index in [2.05, 4.69) is 213 Å². The first-order chi connectivity index (χ1) is 27.5. The molecule has 3 aliphatic carbocycles. The molecule has 7 aromatic carbocycles. The zero-order chi connectivity index (χ0) is 37.4. The van der Waals surface area contributed by atoms with Gasteiger partial charge in [-0.25, -0.2) is 4.98 Å². The molecule has 0 radical (unpaired) electrons. The third kappa shape index (κ3) is 4.84. The summed E-state index contributed by atoms with van der Waals surface area (Å²) in [5.74, 6) is 0. The van der Waals surface area contributed by atoms with Gasteiger partial charge in [0.15, 0.2) is 0 Å². The Morgan fingerprint density at radius 3 is 1.88 bits per heavy atom. The molecule has 0 saturated heterocycles. The summed E-state index contributed by atoms with van der Waals surface area (Å²) in [5.41, 5.74) is 17.8. The standard InChI is InChI=1S/C53H38N2S/c1-52(2)45-23-13-10-20-40(45)42-28-25-37(32-47(42)52)55(39-27-30-50-49(34-39)54-51(56-50)36-18-7-5-8-19-36)38-26-29-43-41-21-11-14-24-46(41)53(48(43)33-38)31-15-4-3-6-16-35-17-9-12-22-44(35)53/h3-34H,1-2H3/b4-3-,16-6+,31-15+. The summed E-state index contributed by atoms with van der Waals surface area (Å²) in [7, 11) is 0. The highest BCUT2D eigenvalue weighted by atomic mass is 32.1. The number of allylic oxidation sites excluding steroid dienone is 5. The molecule has 0 saturated carbocycles. The molecule has 0 N–H and O–H groups in total. The lowest BCUT2D eigenvalue weighted by molar-refractivity contribution is 0.660. The van der Waals surface area contributed by atoms with Gasteiger partial charge in [-0.3, -0.25) is 0 Å². The van der Waals surface area contributed by atoms with Crippen molar-refractivity contribution < 1.29 is 0 Å². The first kappa shape index (κ1) is 32.8. The Hall–Kier alpha value is -6.55. The second-order valence-corrected chi connectivity index (χ2v) is 16.6. The molecule has 0 aliphatic heterocycles. The maximum absolute atomic E-state index is 5.20. The monoisotopic (exact) mass is 734 g/mol. The minimum Gasteiger partial charge on any atom is -0.310 e. The molecule has 11 rings (SSSR count). The van der Waals surface area contributed by atoms with Crippen LogP contribution in [0.5, 0.6) is 0 Å². The maximum Gasteiger partial charge on any atom is 0.124 e. The van der Waals surface area contributed by atoms with Crippen LogP contribution in [0, 0.1) is 0 Å². The Morgan fingerprint density at radius 2 is 1.07 bits per heavy atom. The van der Waals surface area contributed by atoms with Crippen molar-refractivity contribution in [3.05, 3.63) is 221 Å². The van der Waals surface area contributed by atoms with E-state index >= 15 is 0 Å². The van der Waals surface area contributed by atoms with Gasteiger partial charge in [0, 0.05) is 28.0 Å². The van der Waals surface area contributed by atoms with Gasteiger partial charge in [-0.15, -0.1) is 11.3 Å². The van der Waals surface area contributed by atoms with E-state index in [1.807, 2.05) is 0 Å². The summed E-state index contributed by atoms with van der Waals surface area (Å²) in [5, 5.41) is 1.03. The van der Waals surface area contributed by atoms with Crippen molar-refractivity contribution in [1.82, 2.24) is 4.98 Å². The third-order valence-corrected chi connectivity index (χ3v) is 13.2. The van der Waals surface area contributed by atoms with E-state index in [9.17, 15) is 0 Å². The van der Waals surface area contributed by atoms with Gasteiger partial charge < -0.3 is 4.90 Å². The summed E-state index contributed by atoms with van der Waals surface area (Å²) in [6.45, 7) is 4.72. The highest BCUT2D eigenvalue weighted by Gasteiger charge is 2.44. The number of benzene rings is 7. The molecule has 3 aliphatic rings. The summed E-state index contributed by atoms with van der Waals surface area (Å²) >= 11 is 1.75. The van der Waals surface area contributed by atoms with Crippen molar-refractivity contribution >= 4 is 44.7 Å². The van der Waals surface area contributed by atoms with Crippen LogP contribution in [0.15, 0.2) is 188 Å². The zero-order valence-electron chi connectivity index (χ0n) is 31.3. The van der Waals surface area contributed by atoms with Crippen LogP contribution in [-0.2, 0) is 10.8 Å². The topological polar surface area (TPSA) is 16.1 Å². The van der Waals surface area contributed by atoms with Crippen LogP contribution in [-0.4, -0.2) is 4.98 Å². The minimum absolute atomic E-state index is 0.131. The first-order valence-corrected chi connectivity index (χ1v) is 20.2. The van der Waals surface area contributed by atoms with E-state index in [0.29, 0.717) is 0 Å². The van der Waals surface area contributed by atoms with E-state index in [1.54, 1.807) is 11.3 Å². The van der Waals surface area contributed by atoms with Crippen LogP contribution in [0.3, 0.4) is 0 Å². The molecule has 1 spiro atoms. The van der Waals surface area contributed by atoms with Crippen molar-refractivity contribution in [2.75, 3.05) is 4.90 Å². The van der Waals surface area contributed by atoms with Crippen LogP contribution in [0.25, 0.3) is 49.1 Å². The van der Waals surface area contributed by atoms with E-state index in [4.69, 9.17) is 4.98 Å². The summed E-state index contributed by atoms with van der Waals surface area (Å²) in [6, 6.07) is 58.2. The quantitative estimate of drug-likeness (QED) is 0.179. The van der Waals surface area contributed by atoms with Crippen molar-refractivity contribution in [1.29, 1.82) is 0 Å². The third-order valence-electron chi connectivity index (χ3n) is 12.1. The predicted octanol–water partition coefficient (Wildman–Crippen LogP) is 14.2. The van der Waals surface area contributed by atoms with Gasteiger partial charge in [0.1, 0.15) is 5.01 Å². The van der Waals surface area contributed by atoms with Gasteiger partial charge in [-0.1, -0.05) is 166 Å². The summed E-state index contributed by atoms with van der Waals surface area (Å²) in [6.07, 6.45) is 13.3. The Morgan fingerprint density at radius 1 is 0.482 bits per heavy atom. The van der Waals surface area contributed by atoms with Crippen LogP contribution in [0.1, 0.15) is 47.2 Å². The molecule has 0 fully saturated rings. The smallest absolute Gasteiger partial charge is 0.124 e. The molecule has 8 aromatic rings. The highest BCUT2D eigenvalue weighted by Crippen LogP contribution is 2.56. The molecule has 0 amide bonds. The molecule has 1 heterocycles. The fraction of sp³-hybridized carbons (Fsp3) is 0.0755. The minimum atomic E-state index is -0.492. The second kappa shape index (κ2) is 12.5. The lowest BCUT2D eigenvalue weighted by Crippen LogP contribution is -2.25. The normalized spacial score (nSPS) is 18.5. The van der Waals surface area contributed by atoms with Crippen molar-refractivity contribution in [3.63, 3.8) is 0 Å². The summed E-state index contributed by atoms with van der Waals surface area (Å²) < 4.78 is 1.18. The van der Waals surface area contributed by atoms with Gasteiger partial charge in [0.2, 0.25) is 0 Å². The molecule has 1 atom stereocenters. The van der Waals surface area contributed by atoms with E-state index in [-0.39, 0.29) is 5.41 Å². The second-order valence-electron chi connectivity index (χ2n) is 15.5. The number of hydrogen-bond donors (Lipinski definition) is 0. The predicted molar refractivity (Wildman–Crippen MR) is 236 cm³/mol. The lowest BCUT2D eigenvalue weighted by Gasteiger charge is -2.33.